The Morgan fingerprint density at radius 2 is 1.80 bits per heavy atom. The van der Waals surface area contributed by atoms with Gasteiger partial charge in [0.2, 0.25) is 11.8 Å². The number of carbonyl (C=O) groups is 2. The Morgan fingerprint density at radius 3 is 2.44 bits per heavy atom. The fraction of sp³-hybridized carbons (Fsp3) is 0.759. The van der Waals surface area contributed by atoms with Gasteiger partial charge in [0.25, 0.3) is 0 Å². The summed E-state index contributed by atoms with van der Waals surface area (Å²) >= 11 is 0. The summed E-state index contributed by atoms with van der Waals surface area (Å²) in [5, 5.41) is 15.0. The van der Waals surface area contributed by atoms with Crippen molar-refractivity contribution < 1.29 is 24.0 Å². The SMILES string of the molecule is CC1CN(C(=O)OC(C)(C)C)CCN1C(=O)C1CCC(Nc2cc(OCCN3CCCCC3)ncc2[N+](=O)[O-])CC1. The van der Waals surface area contributed by atoms with E-state index < -0.39 is 10.5 Å². The number of nitro groups is 1. The van der Waals surface area contributed by atoms with Gasteiger partial charge in [-0.15, -0.1) is 0 Å². The number of carbonyl (C=O) groups excluding carboxylic acids is 2. The highest BCUT2D eigenvalue weighted by molar-refractivity contribution is 5.80. The van der Waals surface area contributed by atoms with Gasteiger partial charge < -0.3 is 24.6 Å². The van der Waals surface area contributed by atoms with E-state index in [4.69, 9.17) is 9.47 Å². The number of hydrogen-bond acceptors (Lipinski definition) is 9. The molecule has 1 atom stereocenters. The first-order valence-electron chi connectivity index (χ1n) is 15.0. The van der Waals surface area contributed by atoms with Crippen molar-refractivity contribution in [3.05, 3.63) is 22.4 Å². The predicted octanol–water partition coefficient (Wildman–Crippen LogP) is 4.29. The maximum atomic E-state index is 13.4. The van der Waals surface area contributed by atoms with E-state index >= 15 is 0 Å². The fourth-order valence-electron chi connectivity index (χ4n) is 5.95. The molecular weight excluding hydrogens is 528 g/mol. The number of anilines is 1. The van der Waals surface area contributed by atoms with Crippen molar-refractivity contribution in [2.45, 2.75) is 90.3 Å². The van der Waals surface area contributed by atoms with Crippen LogP contribution in [0.15, 0.2) is 12.3 Å². The summed E-state index contributed by atoms with van der Waals surface area (Å²) in [4.78, 5) is 47.2. The van der Waals surface area contributed by atoms with Gasteiger partial charge >= 0.3 is 11.8 Å². The molecule has 12 nitrogen and oxygen atoms in total. The van der Waals surface area contributed by atoms with Crippen LogP contribution in [-0.4, -0.2) is 100 Å². The van der Waals surface area contributed by atoms with Crippen LogP contribution in [0.2, 0.25) is 0 Å². The van der Waals surface area contributed by atoms with E-state index in [1.165, 1.54) is 25.5 Å². The molecule has 12 heteroatoms. The molecule has 1 aliphatic carbocycles. The van der Waals surface area contributed by atoms with Gasteiger partial charge in [-0.25, -0.2) is 9.78 Å². The van der Waals surface area contributed by atoms with Crippen LogP contribution in [0.5, 0.6) is 5.88 Å². The molecule has 228 valence electrons. The minimum Gasteiger partial charge on any atom is -0.476 e. The van der Waals surface area contributed by atoms with Crippen molar-refractivity contribution in [2.24, 2.45) is 5.92 Å². The molecule has 1 unspecified atom stereocenters. The monoisotopic (exact) mass is 574 g/mol. The number of ether oxygens (including phenoxy) is 2. The maximum Gasteiger partial charge on any atom is 0.410 e. The molecule has 0 spiro atoms. The Kier molecular flexibility index (Phi) is 10.3. The minimum absolute atomic E-state index is 0.0165. The average Bonchev–Trinajstić information content (AvgIpc) is 2.93. The van der Waals surface area contributed by atoms with Gasteiger partial charge in [0.15, 0.2) is 0 Å². The van der Waals surface area contributed by atoms with Gasteiger partial charge in [0, 0.05) is 50.2 Å². The number of piperazine rings is 1. The summed E-state index contributed by atoms with van der Waals surface area (Å²) < 4.78 is 11.3. The molecule has 0 bridgehead atoms. The summed E-state index contributed by atoms with van der Waals surface area (Å²) in [6, 6.07) is 1.55. The first-order valence-corrected chi connectivity index (χ1v) is 15.0. The van der Waals surface area contributed by atoms with Crippen molar-refractivity contribution >= 4 is 23.4 Å². The quantitative estimate of drug-likeness (QED) is 0.357. The second kappa shape index (κ2) is 13.7. The highest BCUT2D eigenvalue weighted by atomic mass is 16.6. The third kappa shape index (κ3) is 8.67. The van der Waals surface area contributed by atoms with E-state index in [9.17, 15) is 19.7 Å². The number of aromatic nitrogens is 1. The van der Waals surface area contributed by atoms with E-state index in [1.54, 1.807) is 11.0 Å². The van der Waals surface area contributed by atoms with Crippen LogP contribution < -0.4 is 10.1 Å². The Balaban J connectivity index is 1.27. The molecular formula is C29H46N6O6. The zero-order chi connectivity index (χ0) is 29.6. The van der Waals surface area contributed by atoms with Gasteiger partial charge in [-0.3, -0.25) is 19.8 Å². The first kappa shape index (κ1) is 30.8. The number of piperidine rings is 1. The van der Waals surface area contributed by atoms with Crippen LogP contribution in [0.4, 0.5) is 16.2 Å². The van der Waals surface area contributed by atoms with Crippen LogP contribution in [0.1, 0.15) is 72.6 Å². The summed E-state index contributed by atoms with van der Waals surface area (Å²) in [5.74, 6) is 0.405. The van der Waals surface area contributed by atoms with Crippen LogP contribution in [0.3, 0.4) is 0 Å². The zero-order valence-electron chi connectivity index (χ0n) is 25.0. The molecule has 2 aliphatic heterocycles. The fourth-order valence-corrected chi connectivity index (χ4v) is 5.95. The summed E-state index contributed by atoms with van der Waals surface area (Å²) in [5.41, 5.74) is -0.235. The topological polar surface area (TPSA) is 130 Å². The van der Waals surface area contributed by atoms with E-state index in [2.05, 4.69) is 15.2 Å². The predicted molar refractivity (Wildman–Crippen MR) is 155 cm³/mol. The Labute approximate surface area is 242 Å². The largest absolute Gasteiger partial charge is 0.476 e. The molecule has 1 N–H and O–H groups in total. The molecule has 2 saturated heterocycles. The lowest BCUT2D eigenvalue weighted by Gasteiger charge is -2.42. The summed E-state index contributed by atoms with van der Waals surface area (Å²) in [7, 11) is 0. The number of amides is 2. The Hall–Kier alpha value is -3.15. The molecule has 2 amide bonds. The third-order valence-electron chi connectivity index (χ3n) is 8.16. The molecule has 4 rings (SSSR count). The van der Waals surface area contributed by atoms with E-state index in [1.807, 2.05) is 32.6 Å². The maximum absolute atomic E-state index is 13.4. The number of pyridine rings is 1. The van der Waals surface area contributed by atoms with E-state index in [0.29, 0.717) is 50.7 Å². The van der Waals surface area contributed by atoms with E-state index in [-0.39, 0.29) is 35.7 Å². The smallest absolute Gasteiger partial charge is 0.410 e. The summed E-state index contributed by atoms with van der Waals surface area (Å²) in [6.45, 7) is 12.4. The van der Waals surface area contributed by atoms with Gasteiger partial charge in [-0.2, -0.15) is 0 Å². The minimum atomic E-state index is -0.557. The lowest BCUT2D eigenvalue weighted by Crippen LogP contribution is -2.57. The number of nitrogens with one attached hydrogen (secondary N) is 1. The number of hydrogen-bond donors (Lipinski definition) is 1. The van der Waals surface area contributed by atoms with Gasteiger partial charge in [0.05, 0.1) is 4.92 Å². The highest BCUT2D eigenvalue weighted by Crippen LogP contribution is 2.33. The molecule has 41 heavy (non-hydrogen) atoms. The Bertz CT molecular complexity index is 1060. The molecule has 3 fully saturated rings. The van der Waals surface area contributed by atoms with Crippen molar-refractivity contribution in [3.8, 4) is 5.88 Å². The molecule has 1 saturated carbocycles. The van der Waals surface area contributed by atoms with Crippen LogP contribution in [-0.2, 0) is 9.53 Å². The van der Waals surface area contributed by atoms with Crippen molar-refractivity contribution in [1.29, 1.82) is 0 Å². The molecule has 1 aromatic heterocycles. The van der Waals surface area contributed by atoms with Crippen molar-refractivity contribution in [1.82, 2.24) is 19.7 Å². The highest BCUT2D eigenvalue weighted by Gasteiger charge is 2.36. The first-order chi connectivity index (χ1) is 19.5. The van der Waals surface area contributed by atoms with Crippen molar-refractivity contribution in [2.75, 3.05) is 51.2 Å². The second-order valence-corrected chi connectivity index (χ2v) is 12.5. The molecule has 3 aliphatic rings. The lowest BCUT2D eigenvalue weighted by molar-refractivity contribution is -0.384. The van der Waals surface area contributed by atoms with Crippen LogP contribution >= 0.6 is 0 Å². The number of rotatable bonds is 8. The van der Waals surface area contributed by atoms with Gasteiger partial charge in [0.1, 0.15) is 24.1 Å². The molecule has 0 aromatic carbocycles. The number of nitrogens with zero attached hydrogens (tertiary/aromatic N) is 5. The van der Waals surface area contributed by atoms with Gasteiger partial charge in [-0.05, 0) is 79.3 Å². The van der Waals surface area contributed by atoms with Gasteiger partial charge in [-0.1, -0.05) is 6.42 Å². The normalized spacial score (nSPS) is 24.0. The molecule has 1 aromatic rings. The zero-order valence-corrected chi connectivity index (χ0v) is 25.0. The summed E-state index contributed by atoms with van der Waals surface area (Å²) in [6.07, 6.45) is 7.47. The van der Waals surface area contributed by atoms with Crippen molar-refractivity contribution in [3.63, 3.8) is 0 Å². The van der Waals surface area contributed by atoms with Crippen LogP contribution in [0.25, 0.3) is 0 Å². The Morgan fingerprint density at radius 1 is 1.10 bits per heavy atom. The molecule has 0 radical (unpaired) electrons. The van der Waals surface area contributed by atoms with E-state index in [0.717, 1.165) is 32.5 Å². The average molecular weight is 575 g/mol. The standard InChI is InChI=1S/C29H46N6O6/c1-21-20-33(28(37)41-29(2,3)4)14-15-34(21)27(36)22-8-10-23(11-9-22)31-24-18-26(30-19-25(24)35(38)39)40-17-16-32-12-6-5-7-13-32/h18-19,21-23H,5-17,20H2,1-4H3,(H,30,31). The second-order valence-electron chi connectivity index (χ2n) is 12.5. The third-order valence-corrected chi connectivity index (χ3v) is 8.16. The lowest BCUT2D eigenvalue weighted by atomic mass is 9.84. The number of likely N-dealkylation sites (tertiary alicyclic amines) is 1. The van der Waals surface area contributed by atoms with Crippen LogP contribution in [0, 0.1) is 16.0 Å². The molecule has 3 heterocycles.